The van der Waals surface area contributed by atoms with E-state index >= 15 is 0 Å². The van der Waals surface area contributed by atoms with Crippen molar-refractivity contribution >= 4 is 23.2 Å². The number of nitrogens with one attached hydrogen (secondary N) is 2. The van der Waals surface area contributed by atoms with E-state index in [2.05, 4.69) is 22.8 Å². The number of alkyl halides is 3. The van der Waals surface area contributed by atoms with E-state index in [1.165, 1.54) is 23.6 Å². The van der Waals surface area contributed by atoms with Gasteiger partial charge in [0.15, 0.2) is 0 Å². The van der Waals surface area contributed by atoms with Gasteiger partial charge in [-0.05, 0) is 67.5 Å². The van der Waals surface area contributed by atoms with Crippen molar-refractivity contribution < 1.29 is 18.0 Å². The summed E-state index contributed by atoms with van der Waals surface area (Å²) in [4.78, 5) is 12.5. The lowest BCUT2D eigenvalue weighted by Gasteiger charge is -2.20. The molecule has 1 amide bonds. The highest BCUT2D eigenvalue weighted by Crippen LogP contribution is 2.36. The van der Waals surface area contributed by atoms with Crippen molar-refractivity contribution in [3.63, 3.8) is 0 Å². The maximum Gasteiger partial charge on any atom is 0.417 e. The van der Waals surface area contributed by atoms with Gasteiger partial charge in [-0.2, -0.15) is 18.4 Å². The van der Waals surface area contributed by atoms with E-state index in [0.29, 0.717) is 0 Å². The zero-order chi connectivity index (χ0) is 22.6. The van der Waals surface area contributed by atoms with E-state index in [9.17, 15) is 23.2 Å². The van der Waals surface area contributed by atoms with E-state index < -0.39 is 22.7 Å². The van der Waals surface area contributed by atoms with Crippen molar-refractivity contribution in [1.29, 1.82) is 5.26 Å². The molecule has 0 saturated carbocycles. The largest absolute Gasteiger partial charge is 0.417 e. The smallest absolute Gasteiger partial charge is 0.360 e. The van der Waals surface area contributed by atoms with Crippen molar-refractivity contribution in [2.45, 2.75) is 44.8 Å². The predicted octanol–water partition coefficient (Wildman–Crippen LogP) is 5.93. The minimum Gasteiger partial charge on any atom is -0.360 e. The highest BCUT2D eigenvalue weighted by atomic mass is 35.5. The number of aryl methyl sites for hydroxylation is 2. The van der Waals surface area contributed by atoms with Gasteiger partial charge in [0.25, 0.3) is 5.91 Å². The van der Waals surface area contributed by atoms with Crippen LogP contribution in [0.1, 0.15) is 48.1 Å². The molecule has 2 N–H and O–H groups in total. The number of nitriles is 1. The van der Waals surface area contributed by atoms with Crippen LogP contribution in [0.2, 0.25) is 5.02 Å². The molecular weight excluding hydrogens is 427 g/mol. The summed E-state index contributed by atoms with van der Waals surface area (Å²) in [6.45, 7) is 1.82. The van der Waals surface area contributed by atoms with E-state index in [4.69, 9.17) is 11.6 Å². The fourth-order valence-corrected chi connectivity index (χ4v) is 3.74. The summed E-state index contributed by atoms with van der Waals surface area (Å²) in [5, 5.41) is 14.2. The van der Waals surface area contributed by atoms with Gasteiger partial charge >= 0.3 is 6.18 Å². The van der Waals surface area contributed by atoms with E-state index in [1.54, 1.807) is 6.07 Å². The molecule has 31 heavy (non-hydrogen) atoms. The summed E-state index contributed by atoms with van der Waals surface area (Å²) in [7, 11) is 0. The first-order valence-electron chi connectivity index (χ1n) is 9.85. The molecule has 1 unspecified atom stereocenters. The van der Waals surface area contributed by atoms with Gasteiger partial charge in [-0.3, -0.25) is 4.79 Å². The fraction of sp³-hybridized carbons (Fsp3) is 0.304. The number of hydrogen-bond acceptors (Lipinski definition) is 3. The van der Waals surface area contributed by atoms with Crippen LogP contribution < -0.4 is 10.6 Å². The number of carbonyl (C=O) groups excluding carboxylic acids is 1. The van der Waals surface area contributed by atoms with Crippen molar-refractivity contribution in [1.82, 2.24) is 5.32 Å². The number of nitrogens with zero attached hydrogens (tertiary/aromatic N) is 1. The molecular formula is C23H21ClF3N3O. The maximum absolute atomic E-state index is 13.0. The monoisotopic (exact) mass is 447 g/mol. The molecule has 0 fully saturated rings. The Bertz CT molecular complexity index is 1060. The van der Waals surface area contributed by atoms with E-state index in [-0.39, 0.29) is 17.3 Å². The zero-order valence-electron chi connectivity index (χ0n) is 16.8. The van der Waals surface area contributed by atoms with Gasteiger partial charge in [0.2, 0.25) is 0 Å². The van der Waals surface area contributed by atoms with Crippen molar-refractivity contribution in [3.05, 3.63) is 75.4 Å². The van der Waals surface area contributed by atoms with Crippen LogP contribution in [0.3, 0.4) is 0 Å². The van der Waals surface area contributed by atoms with Crippen molar-refractivity contribution in [2.24, 2.45) is 0 Å². The second kappa shape index (κ2) is 9.44. The number of benzene rings is 2. The molecule has 8 heteroatoms. The van der Waals surface area contributed by atoms with Crippen LogP contribution in [0.4, 0.5) is 18.9 Å². The molecule has 2 aromatic carbocycles. The first-order valence-corrected chi connectivity index (χ1v) is 10.2. The number of rotatable bonds is 5. The predicted molar refractivity (Wildman–Crippen MR) is 113 cm³/mol. The summed E-state index contributed by atoms with van der Waals surface area (Å²) in [6.07, 6.45) is 0.865. The third-order valence-corrected chi connectivity index (χ3v) is 5.57. The lowest BCUT2D eigenvalue weighted by atomic mass is 9.89. The summed E-state index contributed by atoms with van der Waals surface area (Å²) in [5.41, 5.74) is 2.35. The van der Waals surface area contributed by atoms with Crippen LogP contribution in [-0.2, 0) is 23.8 Å². The van der Waals surface area contributed by atoms with Gasteiger partial charge in [0.1, 0.15) is 11.6 Å². The van der Waals surface area contributed by atoms with Gasteiger partial charge in [-0.15, -0.1) is 0 Å². The quantitative estimate of drug-likeness (QED) is 0.440. The number of fused-ring (bicyclic) bond motifs is 1. The minimum atomic E-state index is -4.61. The number of carbonyl (C=O) groups is 1. The summed E-state index contributed by atoms with van der Waals surface area (Å²) < 4.78 is 39.0. The molecule has 0 heterocycles. The Morgan fingerprint density at radius 3 is 2.55 bits per heavy atom. The van der Waals surface area contributed by atoms with Crippen LogP contribution in [0.15, 0.2) is 48.2 Å². The highest BCUT2D eigenvalue weighted by Gasteiger charge is 2.33. The Morgan fingerprint density at radius 2 is 1.87 bits per heavy atom. The van der Waals surface area contributed by atoms with Gasteiger partial charge in [0, 0.05) is 11.9 Å². The average molecular weight is 448 g/mol. The molecule has 1 aliphatic carbocycles. The Morgan fingerprint density at radius 1 is 1.16 bits per heavy atom. The van der Waals surface area contributed by atoms with Gasteiger partial charge < -0.3 is 10.6 Å². The molecule has 0 bridgehead atoms. The first-order chi connectivity index (χ1) is 14.7. The third kappa shape index (κ3) is 5.59. The topological polar surface area (TPSA) is 64.9 Å². The van der Waals surface area contributed by atoms with Crippen LogP contribution in [0.5, 0.6) is 0 Å². The molecule has 2 aromatic rings. The maximum atomic E-state index is 13.0. The minimum absolute atomic E-state index is 0.0556. The second-order valence-electron chi connectivity index (χ2n) is 7.44. The average Bonchev–Trinajstić information content (AvgIpc) is 2.74. The van der Waals surface area contributed by atoms with Crippen LogP contribution in [-0.4, -0.2) is 5.91 Å². The van der Waals surface area contributed by atoms with E-state index in [0.717, 1.165) is 43.2 Å². The van der Waals surface area contributed by atoms with Gasteiger partial charge in [-0.1, -0.05) is 29.8 Å². The molecule has 4 nitrogen and oxygen atoms in total. The number of anilines is 1. The molecule has 0 aliphatic heterocycles. The summed E-state index contributed by atoms with van der Waals surface area (Å²) >= 11 is 5.60. The summed E-state index contributed by atoms with van der Waals surface area (Å²) in [6, 6.07) is 10.8. The van der Waals surface area contributed by atoms with E-state index in [1.807, 2.05) is 13.0 Å². The lowest BCUT2D eigenvalue weighted by molar-refractivity contribution is -0.137. The molecule has 0 radical (unpaired) electrons. The van der Waals surface area contributed by atoms with Crippen molar-refractivity contribution in [2.75, 3.05) is 5.32 Å². The Labute approximate surface area is 183 Å². The fourth-order valence-electron chi connectivity index (χ4n) is 3.52. The molecule has 3 rings (SSSR count). The SMILES string of the molecule is CC(NC(=O)/C(C#N)=C\Nc1ccc(Cl)c(C(F)(F)F)c1)c1ccc2c(c1)CCCC2. The second-order valence-corrected chi connectivity index (χ2v) is 7.84. The molecule has 162 valence electrons. The lowest BCUT2D eigenvalue weighted by Crippen LogP contribution is -2.28. The number of amides is 1. The first kappa shape index (κ1) is 22.7. The molecule has 0 spiro atoms. The van der Waals surface area contributed by atoms with Crippen LogP contribution in [0.25, 0.3) is 0 Å². The molecule has 1 atom stereocenters. The van der Waals surface area contributed by atoms with Gasteiger partial charge in [0.05, 0.1) is 16.6 Å². The standard InChI is InChI=1S/C23H21ClF3N3O/c1-14(16-7-6-15-4-2-3-5-17(15)10-16)30-22(31)18(12-28)13-29-19-8-9-21(24)20(11-19)23(25,26)27/h6-11,13-14,29H,2-5H2,1H3,(H,30,31)/b18-13-. The number of halogens is 4. The molecule has 1 aliphatic rings. The number of hydrogen-bond donors (Lipinski definition) is 2. The highest BCUT2D eigenvalue weighted by molar-refractivity contribution is 6.31. The normalized spacial score (nSPS) is 14.9. The van der Waals surface area contributed by atoms with Crippen LogP contribution >= 0.6 is 11.6 Å². The van der Waals surface area contributed by atoms with Crippen LogP contribution in [0, 0.1) is 11.3 Å². The third-order valence-electron chi connectivity index (χ3n) is 5.24. The Hall–Kier alpha value is -2.98. The Kier molecular flexibility index (Phi) is 6.91. The molecule has 0 saturated heterocycles. The Balaban J connectivity index is 1.70. The van der Waals surface area contributed by atoms with Gasteiger partial charge in [-0.25, -0.2) is 0 Å². The summed E-state index contributed by atoms with van der Waals surface area (Å²) in [5.74, 6) is -0.620. The van der Waals surface area contributed by atoms with Crippen molar-refractivity contribution in [3.8, 4) is 6.07 Å². The molecule has 0 aromatic heterocycles. The zero-order valence-corrected chi connectivity index (χ0v) is 17.6.